The van der Waals surface area contributed by atoms with Gasteiger partial charge in [0.1, 0.15) is 6.61 Å². The van der Waals surface area contributed by atoms with Crippen molar-refractivity contribution in [2.45, 2.75) is 6.61 Å². The minimum Gasteiger partial charge on any atom is -0.486 e. The number of carbonyl (C=O) groups excluding carboxylic acids is 1. The molecule has 0 N–H and O–H groups in total. The van der Waals surface area contributed by atoms with Crippen LogP contribution in [0.5, 0.6) is 5.75 Å². The molecule has 0 bridgehead atoms. The van der Waals surface area contributed by atoms with Crippen molar-refractivity contribution >= 4 is 5.97 Å². The SMILES string of the molecule is COC(=O)c1cccc(COc2ccccc2F)c1. The molecule has 0 aliphatic carbocycles. The van der Waals surface area contributed by atoms with Crippen molar-refractivity contribution in [3.05, 3.63) is 65.5 Å². The second-order valence-corrected chi connectivity index (χ2v) is 3.91. The van der Waals surface area contributed by atoms with Gasteiger partial charge in [0.25, 0.3) is 0 Å². The fourth-order valence-electron chi connectivity index (χ4n) is 1.63. The zero-order valence-corrected chi connectivity index (χ0v) is 10.4. The van der Waals surface area contributed by atoms with E-state index in [9.17, 15) is 9.18 Å². The van der Waals surface area contributed by atoms with Crippen LogP contribution in [0.25, 0.3) is 0 Å². The number of methoxy groups -OCH3 is 1. The maximum atomic E-state index is 13.4. The molecule has 0 fully saturated rings. The summed E-state index contributed by atoms with van der Waals surface area (Å²) in [7, 11) is 1.32. The fraction of sp³-hybridized carbons (Fsp3) is 0.133. The summed E-state index contributed by atoms with van der Waals surface area (Å²) < 4.78 is 23.4. The Kier molecular flexibility index (Phi) is 4.13. The van der Waals surface area contributed by atoms with Gasteiger partial charge < -0.3 is 9.47 Å². The minimum atomic E-state index is -0.411. The van der Waals surface area contributed by atoms with E-state index in [1.165, 1.54) is 13.2 Å². The predicted molar refractivity (Wildman–Crippen MR) is 68.5 cm³/mol. The van der Waals surface area contributed by atoms with Gasteiger partial charge in [0.05, 0.1) is 12.7 Å². The Bertz CT molecular complexity index is 581. The summed E-state index contributed by atoms with van der Waals surface area (Å²) >= 11 is 0. The van der Waals surface area contributed by atoms with Crippen LogP contribution in [0.4, 0.5) is 4.39 Å². The first-order valence-electron chi connectivity index (χ1n) is 5.75. The molecule has 0 aliphatic heterocycles. The van der Waals surface area contributed by atoms with Crippen molar-refractivity contribution in [2.75, 3.05) is 7.11 Å². The Morgan fingerprint density at radius 3 is 2.68 bits per heavy atom. The lowest BCUT2D eigenvalue weighted by atomic mass is 10.1. The van der Waals surface area contributed by atoms with Crippen LogP contribution in [-0.2, 0) is 11.3 Å². The van der Waals surface area contributed by atoms with E-state index in [1.54, 1.807) is 42.5 Å². The molecule has 0 aliphatic rings. The van der Waals surface area contributed by atoms with Gasteiger partial charge in [-0.15, -0.1) is 0 Å². The fourth-order valence-corrected chi connectivity index (χ4v) is 1.63. The van der Waals surface area contributed by atoms with E-state index in [0.29, 0.717) is 5.56 Å². The van der Waals surface area contributed by atoms with Gasteiger partial charge in [-0.05, 0) is 29.8 Å². The topological polar surface area (TPSA) is 35.5 Å². The lowest BCUT2D eigenvalue weighted by molar-refractivity contribution is 0.0600. The largest absolute Gasteiger partial charge is 0.486 e. The van der Waals surface area contributed by atoms with E-state index < -0.39 is 11.8 Å². The number of ether oxygens (including phenoxy) is 2. The molecule has 0 saturated heterocycles. The second kappa shape index (κ2) is 6.00. The maximum Gasteiger partial charge on any atom is 0.337 e. The van der Waals surface area contributed by atoms with Crippen LogP contribution in [-0.4, -0.2) is 13.1 Å². The van der Waals surface area contributed by atoms with Gasteiger partial charge in [0, 0.05) is 0 Å². The molecule has 0 amide bonds. The van der Waals surface area contributed by atoms with Crippen LogP contribution in [0.2, 0.25) is 0 Å². The van der Waals surface area contributed by atoms with Crippen LogP contribution in [0, 0.1) is 5.82 Å². The zero-order valence-electron chi connectivity index (χ0n) is 10.4. The van der Waals surface area contributed by atoms with Crippen LogP contribution >= 0.6 is 0 Å². The lowest BCUT2D eigenvalue weighted by Gasteiger charge is -2.08. The molecule has 19 heavy (non-hydrogen) atoms. The number of para-hydroxylation sites is 1. The summed E-state index contributed by atoms with van der Waals surface area (Å²) in [5, 5.41) is 0. The van der Waals surface area contributed by atoms with Crippen molar-refractivity contribution in [3.63, 3.8) is 0 Å². The molecule has 2 aromatic rings. The van der Waals surface area contributed by atoms with E-state index in [0.717, 1.165) is 5.56 Å². The first-order chi connectivity index (χ1) is 9.20. The van der Waals surface area contributed by atoms with Crippen LogP contribution in [0.15, 0.2) is 48.5 Å². The van der Waals surface area contributed by atoms with Gasteiger partial charge in [-0.1, -0.05) is 24.3 Å². The maximum absolute atomic E-state index is 13.4. The third kappa shape index (κ3) is 3.31. The molecule has 2 aromatic carbocycles. The minimum absolute atomic E-state index is 0.186. The highest BCUT2D eigenvalue weighted by Crippen LogP contribution is 2.17. The summed E-state index contributed by atoms with van der Waals surface area (Å²) in [6, 6.07) is 13.0. The number of benzene rings is 2. The van der Waals surface area contributed by atoms with Crippen molar-refractivity contribution in [2.24, 2.45) is 0 Å². The molecular formula is C15H13FO3. The Balaban J connectivity index is 2.08. The van der Waals surface area contributed by atoms with E-state index >= 15 is 0 Å². The van der Waals surface area contributed by atoms with E-state index in [4.69, 9.17) is 4.74 Å². The number of hydrogen-bond donors (Lipinski definition) is 0. The summed E-state index contributed by atoms with van der Waals surface area (Å²) in [5.74, 6) is -0.634. The summed E-state index contributed by atoms with van der Waals surface area (Å²) in [5.41, 5.74) is 1.21. The van der Waals surface area contributed by atoms with Gasteiger partial charge in [-0.2, -0.15) is 0 Å². The highest BCUT2D eigenvalue weighted by molar-refractivity contribution is 5.89. The highest BCUT2D eigenvalue weighted by atomic mass is 19.1. The van der Waals surface area contributed by atoms with E-state index in [1.807, 2.05) is 0 Å². The second-order valence-electron chi connectivity index (χ2n) is 3.91. The van der Waals surface area contributed by atoms with Crippen molar-refractivity contribution < 1.29 is 18.7 Å². The zero-order chi connectivity index (χ0) is 13.7. The Hall–Kier alpha value is -2.36. The molecule has 0 radical (unpaired) electrons. The number of carbonyl (C=O) groups is 1. The number of halogens is 1. The van der Waals surface area contributed by atoms with E-state index in [2.05, 4.69) is 4.74 Å². The van der Waals surface area contributed by atoms with Crippen molar-refractivity contribution in [3.8, 4) is 5.75 Å². The smallest absolute Gasteiger partial charge is 0.337 e. The van der Waals surface area contributed by atoms with Gasteiger partial charge in [0.15, 0.2) is 11.6 Å². The van der Waals surface area contributed by atoms with Crippen LogP contribution < -0.4 is 4.74 Å². The quantitative estimate of drug-likeness (QED) is 0.792. The molecular weight excluding hydrogens is 247 g/mol. The molecule has 0 saturated carbocycles. The average molecular weight is 260 g/mol. The third-order valence-electron chi connectivity index (χ3n) is 2.58. The normalized spacial score (nSPS) is 10.0. The number of hydrogen-bond acceptors (Lipinski definition) is 3. The highest BCUT2D eigenvalue weighted by Gasteiger charge is 2.07. The summed E-state index contributed by atoms with van der Waals surface area (Å²) in [6.07, 6.45) is 0. The average Bonchev–Trinajstić information content (AvgIpc) is 2.46. The van der Waals surface area contributed by atoms with Crippen LogP contribution in [0.1, 0.15) is 15.9 Å². The molecule has 0 unspecified atom stereocenters. The van der Waals surface area contributed by atoms with Crippen LogP contribution in [0.3, 0.4) is 0 Å². The monoisotopic (exact) mass is 260 g/mol. The molecule has 2 rings (SSSR count). The van der Waals surface area contributed by atoms with Gasteiger partial charge in [-0.3, -0.25) is 0 Å². The molecule has 0 atom stereocenters. The summed E-state index contributed by atoms with van der Waals surface area (Å²) in [4.78, 5) is 11.4. The Morgan fingerprint density at radius 1 is 1.16 bits per heavy atom. The standard InChI is InChI=1S/C15H13FO3/c1-18-15(17)12-6-4-5-11(9-12)10-19-14-8-3-2-7-13(14)16/h2-9H,10H2,1H3. The van der Waals surface area contributed by atoms with Gasteiger partial charge in [0.2, 0.25) is 0 Å². The van der Waals surface area contributed by atoms with Gasteiger partial charge in [-0.25, -0.2) is 9.18 Å². The Labute approximate surface area is 110 Å². The molecule has 0 heterocycles. The molecule has 3 nitrogen and oxygen atoms in total. The summed E-state index contributed by atoms with van der Waals surface area (Å²) in [6.45, 7) is 0.186. The van der Waals surface area contributed by atoms with Crippen molar-refractivity contribution in [1.29, 1.82) is 0 Å². The first-order valence-corrected chi connectivity index (χ1v) is 5.75. The molecule has 4 heteroatoms. The van der Waals surface area contributed by atoms with Crippen molar-refractivity contribution in [1.82, 2.24) is 0 Å². The molecule has 0 spiro atoms. The van der Waals surface area contributed by atoms with E-state index in [-0.39, 0.29) is 12.4 Å². The predicted octanol–water partition coefficient (Wildman–Crippen LogP) is 3.19. The molecule has 98 valence electrons. The van der Waals surface area contributed by atoms with Gasteiger partial charge >= 0.3 is 5.97 Å². The number of esters is 1. The lowest BCUT2D eigenvalue weighted by Crippen LogP contribution is -2.03. The Morgan fingerprint density at radius 2 is 1.95 bits per heavy atom. The molecule has 0 aromatic heterocycles. The third-order valence-corrected chi connectivity index (χ3v) is 2.58. The first kappa shape index (κ1) is 13.1. The number of rotatable bonds is 4.